The summed E-state index contributed by atoms with van der Waals surface area (Å²) in [6.45, 7) is 7.28. The summed E-state index contributed by atoms with van der Waals surface area (Å²) >= 11 is 3.62. The normalized spacial score (nSPS) is 14.8. The molecule has 2 N–H and O–H groups in total. The Morgan fingerprint density at radius 3 is 2.42 bits per heavy atom. The third kappa shape index (κ3) is 3.94. The topological polar surface area (TPSA) is 38.5 Å². The fraction of sp³-hybridized carbons (Fsp3) is 0.600. The molecule has 19 heavy (non-hydrogen) atoms. The van der Waals surface area contributed by atoms with E-state index in [2.05, 4.69) is 54.7 Å². The third-order valence-corrected chi connectivity index (χ3v) is 4.61. The van der Waals surface area contributed by atoms with E-state index >= 15 is 0 Å². The quantitative estimate of drug-likeness (QED) is 0.869. The Kier molecular flexibility index (Phi) is 6.30. The second-order valence-corrected chi connectivity index (χ2v) is 6.14. The Morgan fingerprint density at radius 1 is 1.32 bits per heavy atom. The van der Waals surface area contributed by atoms with Crippen LogP contribution in [0.1, 0.15) is 32.4 Å². The van der Waals surface area contributed by atoms with Gasteiger partial charge in [-0.2, -0.15) is 0 Å². The summed E-state index contributed by atoms with van der Waals surface area (Å²) in [6, 6.07) is 6.68. The standard InChI is InChI=1S/C15H25BrN2O/c1-10(2)11(3)18(4)15(9-17)13-8-12(19-5)6-7-14(13)16/h6-8,10-11,15H,9,17H2,1-5H3. The smallest absolute Gasteiger partial charge is 0.119 e. The monoisotopic (exact) mass is 328 g/mol. The zero-order chi connectivity index (χ0) is 14.6. The van der Waals surface area contributed by atoms with Gasteiger partial charge in [-0.15, -0.1) is 0 Å². The van der Waals surface area contributed by atoms with Crippen molar-refractivity contribution in [1.29, 1.82) is 0 Å². The second kappa shape index (κ2) is 7.27. The summed E-state index contributed by atoms with van der Waals surface area (Å²) in [4.78, 5) is 2.34. The molecule has 0 fully saturated rings. The number of ether oxygens (including phenoxy) is 1. The fourth-order valence-corrected chi connectivity index (χ4v) is 2.68. The van der Waals surface area contributed by atoms with Gasteiger partial charge in [0.05, 0.1) is 7.11 Å². The van der Waals surface area contributed by atoms with Crippen molar-refractivity contribution < 1.29 is 4.74 Å². The van der Waals surface area contributed by atoms with E-state index < -0.39 is 0 Å². The molecular weight excluding hydrogens is 304 g/mol. The first-order valence-corrected chi connectivity index (χ1v) is 7.47. The summed E-state index contributed by atoms with van der Waals surface area (Å²) in [7, 11) is 3.82. The first-order valence-electron chi connectivity index (χ1n) is 6.67. The van der Waals surface area contributed by atoms with E-state index in [1.54, 1.807) is 7.11 Å². The molecule has 0 saturated heterocycles. The van der Waals surface area contributed by atoms with E-state index in [-0.39, 0.29) is 6.04 Å². The van der Waals surface area contributed by atoms with Gasteiger partial charge in [0.15, 0.2) is 0 Å². The van der Waals surface area contributed by atoms with Crippen molar-refractivity contribution in [3.8, 4) is 5.75 Å². The highest BCUT2D eigenvalue weighted by molar-refractivity contribution is 9.10. The van der Waals surface area contributed by atoms with Crippen LogP contribution in [0, 0.1) is 5.92 Å². The van der Waals surface area contributed by atoms with E-state index in [9.17, 15) is 0 Å². The van der Waals surface area contributed by atoms with E-state index in [1.807, 2.05) is 12.1 Å². The Labute approximate surface area is 125 Å². The minimum absolute atomic E-state index is 0.182. The highest BCUT2D eigenvalue weighted by Gasteiger charge is 2.24. The number of nitrogens with zero attached hydrogens (tertiary/aromatic N) is 1. The Hall–Kier alpha value is -0.580. The van der Waals surface area contributed by atoms with Crippen LogP contribution in [0.4, 0.5) is 0 Å². The lowest BCUT2D eigenvalue weighted by molar-refractivity contribution is 0.151. The molecule has 1 aromatic rings. The van der Waals surface area contributed by atoms with Crippen molar-refractivity contribution in [1.82, 2.24) is 4.90 Å². The predicted molar refractivity (Wildman–Crippen MR) is 84.6 cm³/mol. The number of rotatable bonds is 6. The van der Waals surface area contributed by atoms with E-state index in [0.717, 1.165) is 10.2 Å². The van der Waals surface area contributed by atoms with Crippen LogP contribution >= 0.6 is 15.9 Å². The van der Waals surface area contributed by atoms with Crippen molar-refractivity contribution in [3.05, 3.63) is 28.2 Å². The molecule has 0 aliphatic carbocycles. The van der Waals surface area contributed by atoms with Gasteiger partial charge in [-0.05, 0) is 43.7 Å². The van der Waals surface area contributed by atoms with Crippen molar-refractivity contribution >= 4 is 15.9 Å². The minimum Gasteiger partial charge on any atom is -0.497 e. The van der Waals surface area contributed by atoms with Gasteiger partial charge >= 0.3 is 0 Å². The molecule has 0 radical (unpaired) electrons. The zero-order valence-electron chi connectivity index (χ0n) is 12.5. The number of hydrogen-bond donors (Lipinski definition) is 1. The van der Waals surface area contributed by atoms with Gasteiger partial charge in [0, 0.05) is 23.1 Å². The summed E-state index contributed by atoms with van der Waals surface area (Å²) in [5, 5.41) is 0. The maximum Gasteiger partial charge on any atom is 0.119 e. The van der Waals surface area contributed by atoms with Gasteiger partial charge in [-0.3, -0.25) is 4.90 Å². The highest BCUT2D eigenvalue weighted by atomic mass is 79.9. The molecule has 1 aromatic carbocycles. The largest absolute Gasteiger partial charge is 0.497 e. The van der Waals surface area contributed by atoms with Gasteiger partial charge in [-0.25, -0.2) is 0 Å². The first kappa shape index (κ1) is 16.5. The highest BCUT2D eigenvalue weighted by Crippen LogP contribution is 2.31. The number of nitrogens with two attached hydrogens (primary N) is 1. The molecular formula is C15H25BrN2O. The van der Waals surface area contributed by atoms with Crippen LogP contribution in [0.15, 0.2) is 22.7 Å². The van der Waals surface area contributed by atoms with Crippen molar-refractivity contribution in [2.24, 2.45) is 11.7 Å². The average Bonchev–Trinajstić information content (AvgIpc) is 2.40. The Balaban J connectivity index is 3.08. The molecule has 0 spiro atoms. The molecule has 0 amide bonds. The maximum atomic E-state index is 6.00. The number of hydrogen-bond acceptors (Lipinski definition) is 3. The number of benzene rings is 1. The van der Waals surface area contributed by atoms with Crippen LogP contribution in [0.5, 0.6) is 5.75 Å². The summed E-state index contributed by atoms with van der Waals surface area (Å²) in [6.07, 6.45) is 0. The molecule has 0 aromatic heterocycles. The van der Waals surface area contributed by atoms with Crippen LogP contribution in [0.3, 0.4) is 0 Å². The SMILES string of the molecule is COc1ccc(Br)c(C(CN)N(C)C(C)C(C)C)c1. The summed E-state index contributed by atoms with van der Waals surface area (Å²) in [5.41, 5.74) is 7.18. The van der Waals surface area contributed by atoms with Crippen LogP contribution in [0.2, 0.25) is 0 Å². The maximum absolute atomic E-state index is 6.00. The molecule has 1 rings (SSSR count). The lowest BCUT2D eigenvalue weighted by Crippen LogP contribution is -2.39. The van der Waals surface area contributed by atoms with Crippen LogP contribution < -0.4 is 10.5 Å². The zero-order valence-corrected chi connectivity index (χ0v) is 14.1. The van der Waals surface area contributed by atoms with Crippen LogP contribution in [-0.2, 0) is 0 Å². The second-order valence-electron chi connectivity index (χ2n) is 5.29. The number of methoxy groups -OCH3 is 1. The molecule has 0 heterocycles. The molecule has 3 nitrogen and oxygen atoms in total. The molecule has 108 valence electrons. The van der Waals surface area contributed by atoms with Crippen molar-refractivity contribution in [2.75, 3.05) is 20.7 Å². The van der Waals surface area contributed by atoms with Crippen LogP contribution in [-0.4, -0.2) is 31.6 Å². The molecule has 0 aliphatic heterocycles. The minimum atomic E-state index is 0.182. The predicted octanol–water partition coefficient (Wildman–Crippen LogP) is 3.43. The molecule has 2 atom stereocenters. The molecule has 4 heteroatoms. The fourth-order valence-electron chi connectivity index (χ4n) is 2.17. The Bertz CT molecular complexity index is 409. The van der Waals surface area contributed by atoms with Gasteiger partial charge in [0.25, 0.3) is 0 Å². The lowest BCUT2D eigenvalue weighted by atomic mass is 9.99. The molecule has 0 saturated carbocycles. The summed E-state index contributed by atoms with van der Waals surface area (Å²) < 4.78 is 6.39. The lowest BCUT2D eigenvalue weighted by Gasteiger charge is -2.35. The van der Waals surface area contributed by atoms with E-state index in [1.165, 1.54) is 5.56 Å². The number of halogens is 1. The van der Waals surface area contributed by atoms with Crippen molar-refractivity contribution in [3.63, 3.8) is 0 Å². The molecule has 2 unspecified atom stereocenters. The van der Waals surface area contributed by atoms with Gasteiger partial charge in [0.1, 0.15) is 5.75 Å². The van der Waals surface area contributed by atoms with Gasteiger partial charge in [-0.1, -0.05) is 29.8 Å². The molecule has 0 bridgehead atoms. The van der Waals surface area contributed by atoms with Gasteiger partial charge in [0.2, 0.25) is 0 Å². The van der Waals surface area contributed by atoms with Crippen molar-refractivity contribution in [2.45, 2.75) is 32.9 Å². The first-order chi connectivity index (χ1) is 8.92. The number of likely N-dealkylation sites (N-methyl/N-ethyl adjacent to an activating group) is 1. The van der Waals surface area contributed by atoms with Crippen LogP contribution in [0.25, 0.3) is 0 Å². The summed E-state index contributed by atoms with van der Waals surface area (Å²) in [5.74, 6) is 1.45. The van der Waals surface area contributed by atoms with E-state index in [4.69, 9.17) is 10.5 Å². The van der Waals surface area contributed by atoms with E-state index in [0.29, 0.717) is 18.5 Å². The van der Waals surface area contributed by atoms with Gasteiger partial charge < -0.3 is 10.5 Å². The third-order valence-electron chi connectivity index (χ3n) is 3.88. The Morgan fingerprint density at radius 2 is 1.95 bits per heavy atom. The molecule has 0 aliphatic rings. The average molecular weight is 329 g/mol.